The largest absolute Gasteiger partial charge is 0.356 e. The van der Waals surface area contributed by atoms with Crippen molar-refractivity contribution >= 4 is 27.9 Å². The van der Waals surface area contributed by atoms with E-state index in [-0.39, 0.29) is 18.2 Å². The molecule has 2 rings (SSSR count). The highest BCUT2D eigenvalue weighted by molar-refractivity contribution is 7.93. The molecule has 1 aromatic rings. The molecule has 0 saturated heterocycles. The van der Waals surface area contributed by atoms with Crippen molar-refractivity contribution < 1.29 is 18.0 Å². The molecule has 7 heteroatoms. The van der Waals surface area contributed by atoms with E-state index in [4.69, 9.17) is 0 Å². The number of sulfonamides is 1. The van der Waals surface area contributed by atoms with Crippen LogP contribution >= 0.6 is 0 Å². The molecular formula is C16H20N2O4S. The van der Waals surface area contributed by atoms with Crippen molar-refractivity contribution in [2.24, 2.45) is 5.92 Å². The SMILES string of the molecule is O=C(CCCNC(=O)C1CC1)NS(=O)(=O)/C=C/c1ccccc1. The summed E-state index contributed by atoms with van der Waals surface area (Å²) in [5.41, 5.74) is 0.730. The maximum atomic E-state index is 11.8. The zero-order valence-corrected chi connectivity index (χ0v) is 13.5. The quantitative estimate of drug-likeness (QED) is 0.702. The van der Waals surface area contributed by atoms with Crippen LogP contribution in [0.1, 0.15) is 31.2 Å². The van der Waals surface area contributed by atoms with Crippen LogP contribution in [0.15, 0.2) is 35.7 Å². The van der Waals surface area contributed by atoms with Gasteiger partial charge in [-0.05, 0) is 30.9 Å². The second-order valence-electron chi connectivity index (χ2n) is 5.45. The predicted molar refractivity (Wildman–Crippen MR) is 87.5 cm³/mol. The van der Waals surface area contributed by atoms with E-state index in [9.17, 15) is 18.0 Å². The van der Waals surface area contributed by atoms with Crippen molar-refractivity contribution in [3.63, 3.8) is 0 Å². The predicted octanol–water partition coefficient (Wildman–Crippen LogP) is 1.41. The van der Waals surface area contributed by atoms with Crippen molar-refractivity contribution in [1.82, 2.24) is 10.0 Å². The lowest BCUT2D eigenvalue weighted by molar-refractivity contribution is -0.123. The molecule has 2 amide bonds. The lowest BCUT2D eigenvalue weighted by Crippen LogP contribution is -2.30. The number of amides is 2. The first-order valence-electron chi connectivity index (χ1n) is 7.53. The smallest absolute Gasteiger partial charge is 0.257 e. The molecule has 124 valence electrons. The number of nitrogens with one attached hydrogen (secondary N) is 2. The summed E-state index contributed by atoms with van der Waals surface area (Å²) in [6.07, 6.45) is 3.73. The van der Waals surface area contributed by atoms with E-state index in [0.29, 0.717) is 13.0 Å². The summed E-state index contributed by atoms with van der Waals surface area (Å²) < 4.78 is 25.5. The average Bonchev–Trinajstić information content (AvgIpc) is 3.35. The fourth-order valence-corrected chi connectivity index (χ4v) is 2.75. The van der Waals surface area contributed by atoms with Gasteiger partial charge in [-0.3, -0.25) is 9.59 Å². The van der Waals surface area contributed by atoms with E-state index >= 15 is 0 Å². The van der Waals surface area contributed by atoms with Gasteiger partial charge in [0.15, 0.2) is 0 Å². The third-order valence-corrected chi connectivity index (χ3v) is 4.33. The van der Waals surface area contributed by atoms with E-state index in [2.05, 4.69) is 5.32 Å². The van der Waals surface area contributed by atoms with E-state index in [1.807, 2.05) is 10.8 Å². The molecule has 1 saturated carbocycles. The van der Waals surface area contributed by atoms with Crippen LogP contribution in [0, 0.1) is 5.92 Å². The molecule has 0 unspecified atom stereocenters. The summed E-state index contributed by atoms with van der Waals surface area (Å²) >= 11 is 0. The van der Waals surface area contributed by atoms with Crippen molar-refractivity contribution in [2.45, 2.75) is 25.7 Å². The fraction of sp³-hybridized carbons (Fsp3) is 0.375. The third-order valence-electron chi connectivity index (χ3n) is 3.32. The lowest BCUT2D eigenvalue weighted by Gasteiger charge is -2.05. The zero-order valence-electron chi connectivity index (χ0n) is 12.7. The van der Waals surface area contributed by atoms with Crippen LogP contribution in [0.25, 0.3) is 6.08 Å². The number of rotatable bonds is 8. The Bertz CT molecular complexity index is 679. The highest BCUT2D eigenvalue weighted by Gasteiger charge is 2.29. The maximum absolute atomic E-state index is 11.8. The lowest BCUT2D eigenvalue weighted by atomic mass is 10.2. The van der Waals surface area contributed by atoms with E-state index in [1.165, 1.54) is 6.08 Å². The minimum atomic E-state index is -3.80. The molecule has 1 aliphatic rings. The Balaban J connectivity index is 1.70. The van der Waals surface area contributed by atoms with Crippen molar-refractivity contribution in [3.05, 3.63) is 41.3 Å². The Morgan fingerprint density at radius 3 is 2.52 bits per heavy atom. The van der Waals surface area contributed by atoms with Crippen LogP contribution in [0.3, 0.4) is 0 Å². The van der Waals surface area contributed by atoms with Crippen molar-refractivity contribution in [1.29, 1.82) is 0 Å². The number of hydrogen-bond acceptors (Lipinski definition) is 4. The van der Waals surface area contributed by atoms with Crippen LogP contribution in [0.4, 0.5) is 0 Å². The van der Waals surface area contributed by atoms with Gasteiger partial charge >= 0.3 is 0 Å². The second kappa shape index (κ2) is 7.92. The Kier molecular flexibility index (Phi) is 5.92. The zero-order chi connectivity index (χ0) is 16.7. The van der Waals surface area contributed by atoms with E-state index < -0.39 is 15.9 Å². The van der Waals surface area contributed by atoms with Crippen LogP contribution < -0.4 is 10.0 Å². The normalized spacial score (nSPS) is 14.6. The molecular weight excluding hydrogens is 316 g/mol. The fourth-order valence-electron chi connectivity index (χ4n) is 1.93. The van der Waals surface area contributed by atoms with Crippen LogP contribution in [-0.4, -0.2) is 26.8 Å². The van der Waals surface area contributed by atoms with E-state index in [1.54, 1.807) is 24.3 Å². The molecule has 23 heavy (non-hydrogen) atoms. The van der Waals surface area contributed by atoms with Gasteiger partial charge in [-0.2, -0.15) is 0 Å². The van der Waals surface area contributed by atoms with Crippen LogP contribution in [0.5, 0.6) is 0 Å². The number of benzene rings is 1. The third kappa shape index (κ3) is 6.65. The monoisotopic (exact) mass is 336 g/mol. The minimum Gasteiger partial charge on any atom is -0.356 e. The highest BCUT2D eigenvalue weighted by Crippen LogP contribution is 2.28. The molecule has 0 aliphatic heterocycles. The summed E-state index contributed by atoms with van der Waals surface area (Å²) in [4.78, 5) is 23.0. The molecule has 1 fully saturated rings. The van der Waals surface area contributed by atoms with Gasteiger partial charge in [-0.15, -0.1) is 0 Å². The summed E-state index contributed by atoms with van der Waals surface area (Å²) in [5.74, 6) is -0.431. The summed E-state index contributed by atoms with van der Waals surface area (Å²) in [7, 11) is -3.80. The molecule has 0 atom stereocenters. The average molecular weight is 336 g/mol. The van der Waals surface area contributed by atoms with Crippen molar-refractivity contribution in [3.8, 4) is 0 Å². The first-order chi connectivity index (χ1) is 11.0. The molecule has 1 aliphatic carbocycles. The number of carbonyl (C=O) groups excluding carboxylic acids is 2. The topological polar surface area (TPSA) is 92.3 Å². The second-order valence-corrected chi connectivity index (χ2v) is 7.02. The van der Waals surface area contributed by atoms with Gasteiger partial charge < -0.3 is 5.32 Å². The van der Waals surface area contributed by atoms with Crippen LogP contribution in [-0.2, 0) is 19.6 Å². The van der Waals surface area contributed by atoms with E-state index in [0.717, 1.165) is 23.8 Å². The van der Waals surface area contributed by atoms with Gasteiger partial charge in [-0.25, -0.2) is 13.1 Å². The molecule has 0 spiro atoms. The number of hydrogen-bond donors (Lipinski definition) is 2. The molecule has 6 nitrogen and oxygen atoms in total. The Morgan fingerprint density at radius 1 is 1.17 bits per heavy atom. The summed E-state index contributed by atoms with van der Waals surface area (Å²) in [5, 5.41) is 3.69. The molecule has 0 aromatic heterocycles. The molecule has 0 radical (unpaired) electrons. The maximum Gasteiger partial charge on any atom is 0.257 e. The van der Waals surface area contributed by atoms with Gasteiger partial charge in [-0.1, -0.05) is 30.3 Å². The Labute approximate surface area is 136 Å². The molecule has 0 bridgehead atoms. The van der Waals surface area contributed by atoms with Gasteiger partial charge in [0.05, 0.1) is 5.41 Å². The van der Waals surface area contributed by atoms with Gasteiger partial charge in [0.25, 0.3) is 10.0 Å². The van der Waals surface area contributed by atoms with Crippen LogP contribution in [0.2, 0.25) is 0 Å². The van der Waals surface area contributed by atoms with Crippen molar-refractivity contribution in [2.75, 3.05) is 6.54 Å². The molecule has 1 aromatic carbocycles. The molecule has 0 heterocycles. The Morgan fingerprint density at radius 2 is 1.87 bits per heavy atom. The van der Waals surface area contributed by atoms with Gasteiger partial charge in [0.1, 0.15) is 0 Å². The number of carbonyl (C=O) groups is 2. The van der Waals surface area contributed by atoms with Gasteiger partial charge in [0, 0.05) is 18.9 Å². The van der Waals surface area contributed by atoms with Gasteiger partial charge in [0.2, 0.25) is 11.8 Å². The molecule has 2 N–H and O–H groups in total. The highest BCUT2D eigenvalue weighted by atomic mass is 32.2. The summed E-state index contributed by atoms with van der Waals surface area (Å²) in [6.45, 7) is 0.378. The first kappa shape index (κ1) is 17.2. The Hall–Kier alpha value is -2.15. The first-order valence-corrected chi connectivity index (χ1v) is 9.07. The minimum absolute atomic E-state index is 0.0174. The standard InChI is InChI=1S/C16H20N2O4S/c19-15(7-4-11-17-16(20)14-8-9-14)18-23(21,22)12-10-13-5-2-1-3-6-13/h1-3,5-6,10,12,14H,4,7-9,11H2,(H,17,20)(H,18,19)/b12-10+. The summed E-state index contributed by atoms with van der Waals surface area (Å²) in [6, 6.07) is 8.93.